The van der Waals surface area contributed by atoms with E-state index in [0.717, 1.165) is 20.8 Å². The van der Waals surface area contributed by atoms with Gasteiger partial charge in [-0.05, 0) is 53.2 Å². The van der Waals surface area contributed by atoms with Crippen LogP contribution in [-0.4, -0.2) is 0 Å². The molecule has 1 nitrogen and oxygen atoms in total. The van der Waals surface area contributed by atoms with Crippen LogP contribution in [0.3, 0.4) is 0 Å². The molecule has 7 heteroatoms. The smallest absolute Gasteiger partial charge is 0.378 e. The third kappa shape index (κ3) is 3.90. The molecular formula is C13H10BrClF3NS. The zero-order chi connectivity index (χ0) is 14.9. The van der Waals surface area contributed by atoms with Crippen molar-refractivity contribution in [2.45, 2.75) is 19.1 Å². The molecule has 20 heavy (non-hydrogen) atoms. The van der Waals surface area contributed by atoms with Crippen molar-refractivity contribution < 1.29 is 13.2 Å². The van der Waals surface area contributed by atoms with E-state index in [2.05, 4.69) is 21.2 Å². The minimum atomic E-state index is -4.41. The van der Waals surface area contributed by atoms with Crippen LogP contribution in [0.1, 0.15) is 23.4 Å². The highest BCUT2D eigenvalue weighted by Gasteiger charge is 2.31. The van der Waals surface area contributed by atoms with E-state index in [0.29, 0.717) is 5.69 Å². The van der Waals surface area contributed by atoms with Gasteiger partial charge in [0.05, 0.1) is 15.4 Å². The van der Waals surface area contributed by atoms with Crippen molar-refractivity contribution in [1.29, 1.82) is 0 Å². The largest absolute Gasteiger partial charge is 0.416 e. The Morgan fingerprint density at radius 1 is 1.25 bits per heavy atom. The lowest BCUT2D eigenvalue weighted by atomic mass is 10.1. The molecule has 1 N–H and O–H groups in total. The Morgan fingerprint density at radius 3 is 2.50 bits per heavy atom. The molecule has 2 aromatic rings. The summed E-state index contributed by atoms with van der Waals surface area (Å²) in [4.78, 5) is 1.02. The Balaban J connectivity index is 2.23. The molecule has 1 aromatic carbocycles. The number of hydrogen-bond donors (Lipinski definition) is 1. The fraction of sp³-hybridized carbons (Fsp3) is 0.231. The molecule has 1 heterocycles. The van der Waals surface area contributed by atoms with Gasteiger partial charge in [-0.15, -0.1) is 11.3 Å². The van der Waals surface area contributed by atoms with Crippen LogP contribution in [0.2, 0.25) is 5.02 Å². The van der Waals surface area contributed by atoms with Crippen LogP contribution in [0, 0.1) is 0 Å². The average Bonchev–Trinajstić information content (AvgIpc) is 2.74. The molecule has 0 saturated heterocycles. The fourth-order valence-corrected chi connectivity index (χ4v) is 3.38. The Kier molecular flexibility index (Phi) is 4.66. The van der Waals surface area contributed by atoms with E-state index in [1.54, 1.807) is 0 Å². The molecule has 0 fully saturated rings. The first kappa shape index (κ1) is 15.7. The standard InChI is InChI=1S/C13H10BrClF3NS/c1-7(11-2-3-12(14)20-11)19-10-5-8(13(16,17)18)4-9(15)6-10/h2-7,19H,1H3. The topological polar surface area (TPSA) is 12.0 Å². The number of alkyl halides is 3. The minimum absolute atomic E-state index is 0.0573. The average molecular weight is 385 g/mol. The van der Waals surface area contributed by atoms with Crippen LogP contribution in [-0.2, 0) is 6.18 Å². The summed E-state index contributed by atoms with van der Waals surface area (Å²) in [5, 5.41) is 3.09. The quantitative estimate of drug-likeness (QED) is 0.649. The normalized spacial score (nSPS) is 13.3. The van der Waals surface area contributed by atoms with Crippen molar-refractivity contribution in [2.24, 2.45) is 0 Å². The summed E-state index contributed by atoms with van der Waals surface area (Å²) in [7, 11) is 0. The number of thiophene rings is 1. The van der Waals surface area contributed by atoms with Gasteiger partial charge in [-0.25, -0.2) is 0 Å². The second kappa shape index (κ2) is 5.95. The second-order valence-electron chi connectivity index (χ2n) is 4.23. The van der Waals surface area contributed by atoms with Crippen LogP contribution in [0.15, 0.2) is 34.1 Å². The summed E-state index contributed by atoms with van der Waals surface area (Å²) in [5.74, 6) is 0. The molecule has 1 unspecified atom stereocenters. The van der Waals surface area contributed by atoms with Gasteiger partial charge in [-0.3, -0.25) is 0 Å². The van der Waals surface area contributed by atoms with E-state index < -0.39 is 11.7 Å². The number of halogens is 5. The summed E-state index contributed by atoms with van der Waals surface area (Å²) in [5.41, 5.74) is -0.408. The number of rotatable bonds is 3. The van der Waals surface area contributed by atoms with Gasteiger partial charge in [0.15, 0.2) is 0 Å². The Morgan fingerprint density at radius 2 is 1.95 bits per heavy atom. The Labute approximate surface area is 131 Å². The third-order valence-electron chi connectivity index (χ3n) is 2.63. The first-order valence-electron chi connectivity index (χ1n) is 5.65. The molecule has 1 atom stereocenters. The molecule has 0 saturated carbocycles. The van der Waals surface area contributed by atoms with Gasteiger partial charge in [0, 0.05) is 15.6 Å². The highest BCUT2D eigenvalue weighted by atomic mass is 79.9. The van der Waals surface area contributed by atoms with E-state index in [4.69, 9.17) is 11.6 Å². The van der Waals surface area contributed by atoms with Crippen LogP contribution < -0.4 is 5.32 Å². The maximum atomic E-state index is 12.7. The van der Waals surface area contributed by atoms with Gasteiger partial charge >= 0.3 is 6.18 Å². The fourth-order valence-electron chi connectivity index (χ4n) is 1.72. The lowest BCUT2D eigenvalue weighted by Crippen LogP contribution is -2.08. The molecule has 0 aliphatic carbocycles. The number of nitrogens with one attached hydrogen (secondary N) is 1. The highest BCUT2D eigenvalue weighted by Crippen LogP contribution is 2.35. The Hall–Kier alpha value is -0.720. The van der Waals surface area contributed by atoms with Crippen molar-refractivity contribution in [3.63, 3.8) is 0 Å². The second-order valence-corrected chi connectivity index (χ2v) is 7.17. The molecular weight excluding hydrogens is 375 g/mol. The first-order chi connectivity index (χ1) is 9.25. The zero-order valence-corrected chi connectivity index (χ0v) is 13.4. The molecule has 0 aliphatic rings. The molecule has 0 bridgehead atoms. The predicted octanol–water partition coefficient (Wildman–Crippen LogP) is 6.36. The van der Waals surface area contributed by atoms with Gasteiger partial charge in [0.1, 0.15) is 0 Å². The molecule has 2 rings (SSSR count). The van der Waals surface area contributed by atoms with E-state index in [9.17, 15) is 13.2 Å². The lowest BCUT2D eigenvalue weighted by molar-refractivity contribution is -0.137. The molecule has 0 amide bonds. The van der Waals surface area contributed by atoms with E-state index in [1.165, 1.54) is 17.4 Å². The maximum Gasteiger partial charge on any atom is 0.416 e. The van der Waals surface area contributed by atoms with Crippen molar-refractivity contribution in [1.82, 2.24) is 0 Å². The van der Waals surface area contributed by atoms with E-state index >= 15 is 0 Å². The summed E-state index contributed by atoms with van der Waals surface area (Å²) >= 11 is 10.6. The highest BCUT2D eigenvalue weighted by molar-refractivity contribution is 9.11. The molecule has 108 valence electrons. The van der Waals surface area contributed by atoms with Crippen LogP contribution >= 0.6 is 38.9 Å². The van der Waals surface area contributed by atoms with Gasteiger partial charge in [-0.1, -0.05) is 11.6 Å². The third-order valence-corrected chi connectivity index (χ3v) is 4.65. The van der Waals surface area contributed by atoms with Crippen molar-refractivity contribution in [2.75, 3.05) is 5.32 Å². The maximum absolute atomic E-state index is 12.7. The number of hydrogen-bond acceptors (Lipinski definition) is 2. The summed E-state index contributed by atoms with van der Waals surface area (Å²) in [6.07, 6.45) is -4.41. The predicted molar refractivity (Wildman–Crippen MR) is 80.5 cm³/mol. The minimum Gasteiger partial charge on any atom is -0.378 e. The van der Waals surface area contributed by atoms with Crippen molar-refractivity contribution in [3.8, 4) is 0 Å². The van der Waals surface area contributed by atoms with Crippen LogP contribution in [0.5, 0.6) is 0 Å². The summed E-state index contributed by atoms with van der Waals surface area (Å²) in [6, 6.07) is 7.17. The lowest BCUT2D eigenvalue weighted by Gasteiger charge is -2.16. The first-order valence-corrected chi connectivity index (χ1v) is 7.64. The van der Waals surface area contributed by atoms with Crippen LogP contribution in [0.25, 0.3) is 0 Å². The number of anilines is 1. The summed E-state index contributed by atoms with van der Waals surface area (Å²) in [6.45, 7) is 1.88. The Bertz CT molecular complexity index is 612. The monoisotopic (exact) mass is 383 g/mol. The van der Waals surface area contributed by atoms with Gasteiger partial charge < -0.3 is 5.32 Å². The van der Waals surface area contributed by atoms with Gasteiger partial charge in [0.25, 0.3) is 0 Å². The summed E-state index contributed by atoms with van der Waals surface area (Å²) < 4.78 is 39.1. The SMILES string of the molecule is CC(Nc1cc(Cl)cc(C(F)(F)F)c1)c1ccc(Br)s1. The number of benzene rings is 1. The van der Waals surface area contributed by atoms with Gasteiger partial charge in [0.2, 0.25) is 0 Å². The van der Waals surface area contributed by atoms with Crippen molar-refractivity contribution >= 4 is 44.6 Å². The molecule has 1 aromatic heterocycles. The van der Waals surface area contributed by atoms with Gasteiger partial charge in [-0.2, -0.15) is 13.2 Å². The van der Waals surface area contributed by atoms with E-state index in [1.807, 2.05) is 19.1 Å². The zero-order valence-electron chi connectivity index (χ0n) is 10.3. The molecule has 0 spiro atoms. The van der Waals surface area contributed by atoms with Crippen LogP contribution in [0.4, 0.5) is 18.9 Å². The van der Waals surface area contributed by atoms with E-state index in [-0.39, 0.29) is 11.1 Å². The van der Waals surface area contributed by atoms with Crippen molar-refractivity contribution in [3.05, 3.63) is 49.6 Å². The molecule has 0 aliphatic heterocycles. The molecule has 0 radical (unpaired) electrons.